The average molecular weight is 355 g/mol. The molecule has 0 aromatic heterocycles. The highest BCUT2D eigenvalue weighted by Gasteiger charge is 2.30. The lowest BCUT2D eigenvalue weighted by molar-refractivity contribution is -0.385. The van der Waals surface area contributed by atoms with Crippen molar-refractivity contribution in [1.82, 2.24) is 0 Å². The number of hydrogen-bond donors (Lipinski definition) is 1. The number of benzene rings is 1. The van der Waals surface area contributed by atoms with Gasteiger partial charge in [0.1, 0.15) is 0 Å². The van der Waals surface area contributed by atoms with Gasteiger partial charge in [-0.1, -0.05) is 27.2 Å². The Morgan fingerprint density at radius 1 is 1.38 bits per heavy atom. The Hall–Kier alpha value is -1.10. The van der Waals surface area contributed by atoms with Crippen molar-refractivity contribution in [2.24, 2.45) is 17.8 Å². The van der Waals surface area contributed by atoms with E-state index < -0.39 is 0 Å². The summed E-state index contributed by atoms with van der Waals surface area (Å²) in [6.45, 7) is 6.81. The number of nitro groups is 1. The molecule has 0 amide bonds. The maximum absolute atomic E-state index is 11.0. The Balaban J connectivity index is 2.18. The molecule has 1 N–H and O–H groups in total. The minimum atomic E-state index is -0.349. The van der Waals surface area contributed by atoms with E-state index in [0.29, 0.717) is 28.3 Å². The number of nitro benzene ring substituents is 1. The van der Waals surface area contributed by atoms with Gasteiger partial charge in [0.2, 0.25) is 0 Å². The van der Waals surface area contributed by atoms with Crippen LogP contribution in [0.1, 0.15) is 40.0 Å². The fourth-order valence-corrected chi connectivity index (χ4v) is 3.72. The highest BCUT2D eigenvalue weighted by Crippen LogP contribution is 2.36. The Morgan fingerprint density at radius 3 is 2.71 bits per heavy atom. The van der Waals surface area contributed by atoms with Gasteiger partial charge in [0.05, 0.1) is 9.40 Å². The smallest absolute Gasteiger partial charge is 0.285 e. The Kier molecular flexibility index (Phi) is 5.25. The molecule has 4 nitrogen and oxygen atoms in total. The van der Waals surface area contributed by atoms with Crippen LogP contribution in [0.25, 0.3) is 0 Å². The average Bonchev–Trinajstić information content (AvgIpc) is 2.40. The first kappa shape index (κ1) is 16.3. The molecule has 3 unspecified atom stereocenters. The third-order valence-corrected chi connectivity index (χ3v) is 5.19. The number of rotatable bonds is 4. The van der Waals surface area contributed by atoms with Gasteiger partial charge in [0.25, 0.3) is 5.69 Å². The number of halogens is 1. The van der Waals surface area contributed by atoms with Crippen LogP contribution in [0.15, 0.2) is 22.7 Å². The van der Waals surface area contributed by atoms with E-state index in [9.17, 15) is 10.1 Å². The largest absolute Gasteiger partial charge is 0.382 e. The predicted molar refractivity (Wildman–Crippen MR) is 89.6 cm³/mol. The number of hydrogen-bond acceptors (Lipinski definition) is 3. The summed E-state index contributed by atoms with van der Waals surface area (Å²) in [6, 6.07) is 5.68. The van der Waals surface area contributed by atoms with Crippen molar-refractivity contribution in [3.8, 4) is 0 Å². The Bertz CT molecular complexity index is 519. The molecule has 5 heteroatoms. The summed E-state index contributed by atoms with van der Waals surface area (Å²) in [5.41, 5.74) is 0.958. The van der Waals surface area contributed by atoms with E-state index in [2.05, 4.69) is 42.0 Å². The van der Waals surface area contributed by atoms with Gasteiger partial charge < -0.3 is 5.32 Å². The van der Waals surface area contributed by atoms with Crippen LogP contribution >= 0.6 is 15.9 Å². The van der Waals surface area contributed by atoms with Crippen molar-refractivity contribution in [3.05, 3.63) is 32.8 Å². The lowest BCUT2D eigenvalue weighted by Gasteiger charge is -2.38. The second-order valence-electron chi connectivity index (χ2n) is 6.50. The molecular formula is C16H23BrN2O2. The number of nitrogens with zero attached hydrogens (tertiary/aromatic N) is 1. The molecule has 1 saturated carbocycles. The number of anilines is 1. The van der Waals surface area contributed by atoms with Crippen molar-refractivity contribution in [1.29, 1.82) is 0 Å². The summed E-state index contributed by atoms with van der Waals surface area (Å²) in [4.78, 5) is 10.7. The zero-order valence-corrected chi connectivity index (χ0v) is 14.4. The Labute approximate surface area is 134 Å². The van der Waals surface area contributed by atoms with Gasteiger partial charge in [-0.2, -0.15) is 0 Å². The van der Waals surface area contributed by atoms with Gasteiger partial charge in [-0.15, -0.1) is 0 Å². The first-order valence-electron chi connectivity index (χ1n) is 7.59. The van der Waals surface area contributed by atoms with Crippen LogP contribution in [0.3, 0.4) is 0 Å². The zero-order chi connectivity index (χ0) is 15.6. The standard InChI is InChI=1S/C16H23BrN2O2/c1-10(2)13-6-4-11(3)8-15(13)18-12-5-7-14(17)16(9-12)19(20)21/h5,7,9-11,13,15,18H,4,6,8H2,1-3H3. The van der Waals surface area contributed by atoms with Gasteiger partial charge in [-0.3, -0.25) is 10.1 Å². The maximum atomic E-state index is 11.0. The SMILES string of the molecule is CC1CCC(C(C)C)C(Nc2ccc(Br)c([N+](=O)[O-])c2)C1. The second kappa shape index (κ2) is 6.77. The zero-order valence-electron chi connectivity index (χ0n) is 12.8. The van der Waals surface area contributed by atoms with Crippen LogP contribution in [0.4, 0.5) is 11.4 Å². The minimum absolute atomic E-state index is 0.116. The molecule has 0 aliphatic heterocycles. The molecule has 0 spiro atoms. The number of nitrogens with one attached hydrogen (secondary N) is 1. The molecule has 3 atom stereocenters. The van der Waals surface area contributed by atoms with E-state index in [4.69, 9.17) is 0 Å². The fraction of sp³-hybridized carbons (Fsp3) is 0.625. The topological polar surface area (TPSA) is 55.2 Å². The van der Waals surface area contributed by atoms with Crippen molar-refractivity contribution in [2.45, 2.75) is 46.1 Å². The van der Waals surface area contributed by atoms with Crippen molar-refractivity contribution >= 4 is 27.3 Å². The van der Waals surface area contributed by atoms with Crippen molar-refractivity contribution < 1.29 is 4.92 Å². The lowest BCUT2D eigenvalue weighted by atomic mass is 9.74. The molecule has 1 fully saturated rings. The fourth-order valence-electron chi connectivity index (χ4n) is 3.32. The van der Waals surface area contributed by atoms with E-state index in [1.807, 2.05) is 6.07 Å². The molecule has 1 aromatic carbocycles. The monoisotopic (exact) mass is 354 g/mol. The predicted octanol–water partition coefficient (Wildman–Crippen LogP) is 5.23. The molecule has 2 rings (SSSR count). The van der Waals surface area contributed by atoms with Crippen LogP contribution in [0.5, 0.6) is 0 Å². The van der Waals surface area contributed by atoms with E-state index in [0.717, 1.165) is 12.1 Å². The molecule has 0 heterocycles. The highest BCUT2D eigenvalue weighted by molar-refractivity contribution is 9.10. The third kappa shape index (κ3) is 3.96. The van der Waals surface area contributed by atoms with Gasteiger partial charge in [0, 0.05) is 17.8 Å². The summed E-state index contributed by atoms with van der Waals surface area (Å²) in [5.74, 6) is 1.97. The molecule has 116 valence electrons. The normalized spacial score (nSPS) is 25.9. The molecule has 0 bridgehead atoms. The van der Waals surface area contributed by atoms with Crippen LogP contribution in [-0.2, 0) is 0 Å². The molecule has 0 saturated heterocycles. The summed E-state index contributed by atoms with van der Waals surface area (Å²) < 4.78 is 0.524. The highest BCUT2D eigenvalue weighted by atomic mass is 79.9. The first-order chi connectivity index (χ1) is 9.88. The maximum Gasteiger partial charge on any atom is 0.285 e. The lowest BCUT2D eigenvalue weighted by Crippen LogP contribution is -2.37. The van der Waals surface area contributed by atoms with E-state index in [1.54, 1.807) is 12.1 Å². The van der Waals surface area contributed by atoms with Gasteiger partial charge in [-0.05, 0) is 58.7 Å². The summed E-state index contributed by atoms with van der Waals surface area (Å²) in [6.07, 6.45) is 3.64. The summed E-state index contributed by atoms with van der Waals surface area (Å²) in [7, 11) is 0. The quantitative estimate of drug-likeness (QED) is 0.594. The molecule has 1 aliphatic carbocycles. The van der Waals surface area contributed by atoms with E-state index >= 15 is 0 Å². The Morgan fingerprint density at radius 2 is 2.10 bits per heavy atom. The van der Waals surface area contributed by atoms with Gasteiger partial charge in [-0.25, -0.2) is 0 Å². The first-order valence-corrected chi connectivity index (χ1v) is 8.38. The molecule has 1 aromatic rings. The van der Waals surface area contributed by atoms with Crippen LogP contribution in [0, 0.1) is 27.9 Å². The molecule has 1 aliphatic rings. The summed E-state index contributed by atoms with van der Waals surface area (Å²) >= 11 is 3.23. The molecular weight excluding hydrogens is 332 g/mol. The summed E-state index contributed by atoms with van der Waals surface area (Å²) in [5, 5.41) is 14.6. The second-order valence-corrected chi connectivity index (χ2v) is 7.35. The van der Waals surface area contributed by atoms with Crippen molar-refractivity contribution in [2.75, 3.05) is 5.32 Å². The third-order valence-electron chi connectivity index (χ3n) is 4.52. The van der Waals surface area contributed by atoms with Crippen LogP contribution < -0.4 is 5.32 Å². The van der Waals surface area contributed by atoms with Gasteiger partial charge in [0.15, 0.2) is 0 Å². The molecule has 0 radical (unpaired) electrons. The van der Waals surface area contributed by atoms with Crippen molar-refractivity contribution in [3.63, 3.8) is 0 Å². The van der Waals surface area contributed by atoms with E-state index in [1.165, 1.54) is 12.8 Å². The minimum Gasteiger partial charge on any atom is -0.382 e. The van der Waals surface area contributed by atoms with Gasteiger partial charge >= 0.3 is 0 Å². The van der Waals surface area contributed by atoms with Crippen LogP contribution in [-0.4, -0.2) is 11.0 Å². The van der Waals surface area contributed by atoms with Crippen LogP contribution in [0.2, 0.25) is 0 Å². The van der Waals surface area contributed by atoms with E-state index in [-0.39, 0.29) is 10.6 Å². The molecule has 21 heavy (non-hydrogen) atoms.